The van der Waals surface area contributed by atoms with Crippen molar-refractivity contribution in [2.45, 2.75) is 13.0 Å². The smallest absolute Gasteiger partial charge is 0.264 e. The molecule has 0 N–H and O–H groups in total. The Balaban J connectivity index is 2.62. The van der Waals surface area contributed by atoms with E-state index in [1.807, 2.05) is 0 Å². The van der Waals surface area contributed by atoms with Gasteiger partial charge in [0.25, 0.3) is 10.1 Å². The summed E-state index contributed by atoms with van der Waals surface area (Å²) in [5.41, 5.74) is 0. The molecule has 7 heteroatoms. The predicted octanol–water partition coefficient (Wildman–Crippen LogP) is 1.71. The third-order valence-corrected chi connectivity index (χ3v) is 2.40. The summed E-state index contributed by atoms with van der Waals surface area (Å²) >= 11 is 0. The molecule has 0 amide bonds. The van der Waals surface area contributed by atoms with Crippen LogP contribution in [0.15, 0.2) is 18.2 Å². The maximum atomic E-state index is 13.1. The first-order chi connectivity index (χ1) is 7.79. The Morgan fingerprint density at radius 2 is 1.82 bits per heavy atom. The quantitative estimate of drug-likeness (QED) is 0.761. The fourth-order valence-electron chi connectivity index (χ4n) is 1.15. The summed E-state index contributed by atoms with van der Waals surface area (Å²) in [6.07, 6.45) is 0.0525. The van der Waals surface area contributed by atoms with Gasteiger partial charge in [-0.05, 0) is 19.1 Å². The van der Waals surface area contributed by atoms with Crippen LogP contribution in [-0.2, 0) is 14.3 Å². The van der Waals surface area contributed by atoms with Crippen molar-refractivity contribution >= 4 is 10.1 Å². The van der Waals surface area contributed by atoms with Gasteiger partial charge in [0.2, 0.25) is 0 Å². The number of rotatable bonds is 5. The van der Waals surface area contributed by atoms with Crippen LogP contribution in [-0.4, -0.2) is 27.4 Å². The Labute approximate surface area is 98.3 Å². The SMILES string of the molecule is CC(COc1c(F)cccc1F)OS(C)(=O)=O. The third kappa shape index (κ3) is 4.66. The van der Waals surface area contributed by atoms with Gasteiger partial charge in [-0.15, -0.1) is 0 Å². The molecule has 96 valence electrons. The molecule has 0 aromatic heterocycles. The van der Waals surface area contributed by atoms with Gasteiger partial charge in [0.15, 0.2) is 17.4 Å². The van der Waals surface area contributed by atoms with Crippen molar-refractivity contribution < 1.29 is 26.1 Å². The van der Waals surface area contributed by atoms with Gasteiger partial charge in [0.05, 0.1) is 6.26 Å². The Kier molecular flexibility index (Phi) is 4.41. The van der Waals surface area contributed by atoms with Gasteiger partial charge in [-0.25, -0.2) is 8.78 Å². The summed E-state index contributed by atoms with van der Waals surface area (Å²) < 4.78 is 57.1. The molecular weight excluding hydrogens is 254 g/mol. The van der Waals surface area contributed by atoms with Crippen molar-refractivity contribution in [2.75, 3.05) is 12.9 Å². The van der Waals surface area contributed by atoms with Crippen molar-refractivity contribution in [2.24, 2.45) is 0 Å². The van der Waals surface area contributed by atoms with Crippen LogP contribution in [0, 0.1) is 11.6 Å². The average Bonchev–Trinajstić information content (AvgIpc) is 2.14. The lowest BCUT2D eigenvalue weighted by molar-refractivity contribution is 0.143. The van der Waals surface area contributed by atoms with Crippen molar-refractivity contribution in [1.29, 1.82) is 0 Å². The minimum absolute atomic E-state index is 0.273. The fraction of sp³-hybridized carbons (Fsp3) is 0.400. The van der Waals surface area contributed by atoms with E-state index in [4.69, 9.17) is 4.74 Å². The maximum Gasteiger partial charge on any atom is 0.264 e. The van der Waals surface area contributed by atoms with Crippen molar-refractivity contribution in [3.63, 3.8) is 0 Å². The lowest BCUT2D eigenvalue weighted by Gasteiger charge is -2.13. The number of halogens is 2. The van der Waals surface area contributed by atoms with Crippen molar-refractivity contribution in [3.05, 3.63) is 29.8 Å². The molecular formula is C10H12F2O4S. The summed E-state index contributed by atoms with van der Waals surface area (Å²) in [4.78, 5) is 0. The predicted molar refractivity (Wildman–Crippen MR) is 57.2 cm³/mol. The van der Waals surface area contributed by atoms with E-state index in [9.17, 15) is 17.2 Å². The molecule has 17 heavy (non-hydrogen) atoms. The van der Waals surface area contributed by atoms with E-state index in [1.165, 1.54) is 13.0 Å². The standard InChI is InChI=1S/C10H12F2O4S/c1-7(16-17(2,13)14)6-15-10-8(11)4-3-5-9(10)12/h3-5,7H,6H2,1-2H3. The molecule has 0 saturated carbocycles. The van der Waals surface area contributed by atoms with Crippen LogP contribution in [0.4, 0.5) is 8.78 Å². The number of para-hydroxylation sites is 1. The van der Waals surface area contributed by atoms with E-state index in [2.05, 4.69) is 4.18 Å². The van der Waals surface area contributed by atoms with Crippen LogP contribution in [0.3, 0.4) is 0 Å². The van der Waals surface area contributed by atoms with E-state index >= 15 is 0 Å². The molecule has 1 atom stereocenters. The highest BCUT2D eigenvalue weighted by Gasteiger charge is 2.14. The van der Waals surface area contributed by atoms with Crippen LogP contribution in [0.5, 0.6) is 5.75 Å². The van der Waals surface area contributed by atoms with E-state index in [0.29, 0.717) is 0 Å². The molecule has 1 rings (SSSR count). The van der Waals surface area contributed by atoms with Gasteiger partial charge in [-0.2, -0.15) is 8.42 Å². The topological polar surface area (TPSA) is 52.6 Å². The Hall–Kier alpha value is -1.21. The maximum absolute atomic E-state index is 13.1. The first kappa shape index (κ1) is 13.9. The van der Waals surface area contributed by atoms with Crippen molar-refractivity contribution in [3.8, 4) is 5.75 Å². The van der Waals surface area contributed by atoms with Gasteiger partial charge in [0.1, 0.15) is 12.7 Å². The van der Waals surface area contributed by atoms with Gasteiger partial charge in [0, 0.05) is 0 Å². The van der Waals surface area contributed by atoms with Gasteiger partial charge in [-0.3, -0.25) is 4.18 Å². The van der Waals surface area contributed by atoms with Crippen LogP contribution in [0.25, 0.3) is 0 Å². The molecule has 1 aromatic rings. The molecule has 0 aliphatic rings. The number of hydrogen-bond acceptors (Lipinski definition) is 4. The molecule has 0 fully saturated rings. The fourth-order valence-corrected chi connectivity index (χ4v) is 1.80. The van der Waals surface area contributed by atoms with Crippen LogP contribution in [0.2, 0.25) is 0 Å². The first-order valence-electron chi connectivity index (χ1n) is 4.74. The minimum Gasteiger partial charge on any atom is -0.485 e. The zero-order valence-corrected chi connectivity index (χ0v) is 10.1. The lowest BCUT2D eigenvalue weighted by atomic mass is 10.3. The van der Waals surface area contributed by atoms with Crippen LogP contribution in [0.1, 0.15) is 6.92 Å². The highest BCUT2D eigenvalue weighted by Crippen LogP contribution is 2.21. The average molecular weight is 266 g/mol. The zero-order valence-electron chi connectivity index (χ0n) is 9.31. The number of hydrogen-bond donors (Lipinski definition) is 0. The molecule has 0 heterocycles. The van der Waals surface area contributed by atoms with E-state index in [1.54, 1.807) is 0 Å². The van der Waals surface area contributed by atoms with Gasteiger partial charge >= 0.3 is 0 Å². The first-order valence-corrected chi connectivity index (χ1v) is 6.56. The number of benzene rings is 1. The van der Waals surface area contributed by atoms with E-state index < -0.39 is 33.6 Å². The molecule has 1 aromatic carbocycles. The Bertz CT molecular complexity index is 467. The van der Waals surface area contributed by atoms with Crippen LogP contribution < -0.4 is 4.74 Å². The van der Waals surface area contributed by atoms with E-state index in [0.717, 1.165) is 18.4 Å². The summed E-state index contributed by atoms with van der Waals surface area (Å²) in [5.74, 6) is -2.25. The summed E-state index contributed by atoms with van der Waals surface area (Å²) in [6, 6.07) is 3.29. The number of ether oxygens (including phenoxy) is 1. The highest BCUT2D eigenvalue weighted by atomic mass is 32.2. The Morgan fingerprint density at radius 1 is 1.29 bits per heavy atom. The molecule has 0 spiro atoms. The third-order valence-electron chi connectivity index (χ3n) is 1.72. The normalized spacial score (nSPS) is 13.4. The largest absolute Gasteiger partial charge is 0.485 e. The summed E-state index contributed by atoms with van der Waals surface area (Å²) in [5, 5.41) is 0. The Morgan fingerprint density at radius 3 is 2.29 bits per heavy atom. The second-order valence-corrected chi connectivity index (χ2v) is 5.07. The summed E-state index contributed by atoms with van der Waals surface area (Å²) in [6.45, 7) is 1.14. The second kappa shape index (κ2) is 5.42. The minimum atomic E-state index is -3.62. The van der Waals surface area contributed by atoms with Crippen LogP contribution >= 0.6 is 0 Å². The molecule has 0 aliphatic heterocycles. The van der Waals surface area contributed by atoms with Crippen molar-refractivity contribution in [1.82, 2.24) is 0 Å². The second-order valence-electron chi connectivity index (χ2n) is 3.47. The van der Waals surface area contributed by atoms with E-state index in [-0.39, 0.29) is 6.61 Å². The summed E-state index contributed by atoms with van der Waals surface area (Å²) in [7, 11) is -3.62. The monoisotopic (exact) mass is 266 g/mol. The molecule has 1 unspecified atom stereocenters. The molecule has 4 nitrogen and oxygen atoms in total. The molecule has 0 aliphatic carbocycles. The van der Waals surface area contributed by atoms with Gasteiger partial charge < -0.3 is 4.74 Å². The molecule has 0 radical (unpaired) electrons. The highest BCUT2D eigenvalue weighted by molar-refractivity contribution is 7.86. The molecule has 0 bridgehead atoms. The molecule has 0 saturated heterocycles. The lowest BCUT2D eigenvalue weighted by Crippen LogP contribution is -2.22. The zero-order chi connectivity index (χ0) is 13.1. The van der Waals surface area contributed by atoms with Gasteiger partial charge in [-0.1, -0.05) is 6.07 Å².